The number of para-hydroxylation sites is 2. The summed E-state index contributed by atoms with van der Waals surface area (Å²) in [4.78, 5) is 28.5. The Balaban J connectivity index is 2.08. The molecule has 0 aliphatic carbocycles. The van der Waals surface area contributed by atoms with Crippen LogP contribution in [0.5, 0.6) is 5.75 Å². The van der Waals surface area contributed by atoms with Gasteiger partial charge < -0.3 is 15.0 Å². The average molecular weight is 552 g/mol. The highest BCUT2D eigenvalue weighted by atomic mass is 32.2. The van der Waals surface area contributed by atoms with E-state index in [2.05, 4.69) is 5.32 Å². The predicted molar refractivity (Wildman–Crippen MR) is 153 cm³/mol. The number of anilines is 1. The Hall–Kier alpha value is -3.85. The summed E-state index contributed by atoms with van der Waals surface area (Å²) in [5.74, 6) is -0.541. The number of rotatable bonds is 11. The first-order chi connectivity index (χ1) is 18.4. The molecule has 0 saturated carbocycles. The van der Waals surface area contributed by atoms with Gasteiger partial charge in [-0.05, 0) is 70.0 Å². The fraction of sp³-hybridized carbons (Fsp3) is 0.333. The van der Waals surface area contributed by atoms with Gasteiger partial charge >= 0.3 is 0 Å². The lowest BCUT2D eigenvalue weighted by Gasteiger charge is -2.33. The SMILES string of the molecule is COc1ccccc1N(CC(=O)N(Cc1ccccc1C)[C@@H](C)C(=O)NC(C)C)S(=O)(=O)c1ccc(C)cc1. The Morgan fingerprint density at radius 1 is 0.897 bits per heavy atom. The molecule has 0 aliphatic rings. The van der Waals surface area contributed by atoms with E-state index in [-0.39, 0.29) is 29.1 Å². The van der Waals surface area contributed by atoms with E-state index in [1.54, 1.807) is 43.3 Å². The van der Waals surface area contributed by atoms with Gasteiger partial charge in [-0.3, -0.25) is 13.9 Å². The Morgan fingerprint density at radius 2 is 1.51 bits per heavy atom. The number of carbonyl (C=O) groups excluding carboxylic acids is 2. The Morgan fingerprint density at radius 3 is 2.13 bits per heavy atom. The molecule has 0 fully saturated rings. The normalized spacial score (nSPS) is 12.1. The monoisotopic (exact) mass is 551 g/mol. The van der Waals surface area contributed by atoms with E-state index in [1.165, 1.54) is 24.1 Å². The summed E-state index contributed by atoms with van der Waals surface area (Å²) in [6, 6.07) is 19.7. The Labute approximate surface area is 231 Å². The standard InChI is InChI=1S/C30H37N3O5S/c1-21(2)31-30(35)24(5)32(19-25-12-8-7-11-23(25)4)29(34)20-33(27-13-9-10-14-28(27)38-6)39(36,37)26-17-15-22(3)16-18-26/h7-18,21,24H,19-20H2,1-6H3,(H,31,35)/t24-/m0/s1. The van der Waals surface area contributed by atoms with Gasteiger partial charge in [-0.1, -0.05) is 54.1 Å². The molecule has 0 aliphatic heterocycles. The summed E-state index contributed by atoms with van der Waals surface area (Å²) in [7, 11) is -2.73. The highest BCUT2D eigenvalue weighted by Crippen LogP contribution is 2.32. The van der Waals surface area contributed by atoms with Crippen LogP contribution < -0.4 is 14.4 Å². The zero-order valence-electron chi connectivity index (χ0n) is 23.3. The maximum atomic E-state index is 14.0. The lowest BCUT2D eigenvalue weighted by molar-refractivity contribution is -0.139. The number of nitrogens with one attached hydrogen (secondary N) is 1. The number of hydrogen-bond acceptors (Lipinski definition) is 5. The van der Waals surface area contributed by atoms with Crippen LogP contribution in [0, 0.1) is 13.8 Å². The molecular weight excluding hydrogens is 514 g/mol. The second kappa shape index (κ2) is 12.8. The fourth-order valence-electron chi connectivity index (χ4n) is 4.15. The van der Waals surface area contributed by atoms with Crippen molar-refractivity contribution in [2.45, 2.75) is 58.1 Å². The first-order valence-electron chi connectivity index (χ1n) is 12.8. The lowest BCUT2D eigenvalue weighted by Crippen LogP contribution is -2.52. The number of methoxy groups -OCH3 is 1. The van der Waals surface area contributed by atoms with Crippen molar-refractivity contribution in [2.24, 2.45) is 0 Å². The van der Waals surface area contributed by atoms with Crippen LogP contribution >= 0.6 is 0 Å². The molecule has 0 heterocycles. The van der Waals surface area contributed by atoms with Crippen LogP contribution in [0.25, 0.3) is 0 Å². The summed E-state index contributed by atoms with van der Waals surface area (Å²) in [5, 5.41) is 2.86. The molecule has 0 bridgehead atoms. The van der Waals surface area contributed by atoms with Crippen LogP contribution in [0.2, 0.25) is 0 Å². The second-order valence-corrected chi connectivity index (χ2v) is 11.6. The van der Waals surface area contributed by atoms with Gasteiger partial charge in [0, 0.05) is 12.6 Å². The van der Waals surface area contributed by atoms with Crippen LogP contribution in [0.4, 0.5) is 5.69 Å². The van der Waals surface area contributed by atoms with Crippen molar-refractivity contribution >= 4 is 27.5 Å². The quantitative estimate of drug-likeness (QED) is 0.380. The molecule has 39 heavy (non-hydrogen) atoms. The van der Waals surface area contributed by atoms with Crippen LogP contribution in [-0.2, 0) is 26.2 Å². The number of benzene rings is 3. The maximum Gasteiger partial charge on any atom is 0.264 e. The summed E-state index contributed by atoms with van der Waals surface area (Å²) in [6.07, 6.45) is 0. The summed E-state index contributed by atoms with van der Waals surface area (Å²) < 4.78 is 34.4. The molecule has 0 radical (unpaired) electrons. The molecule has 0 spiro atoms. The number of sulfonamides is 1. The summed E-state index contributed by atoms with van der Waals surface area (Å²) >= 11 is 0. The number of carbonyl (C=O) groups is 2. The predicted octanol–water partition coefficient (Wildman–Crippen LogP) is 4.45. The van der Waals surface area contributed by atoms with Gasteiger partial charge in [0.05, 0.1) is 17.7 Å². The topological polar surface area (TPSA) is 96.0 Å². The van der Waals surface area contributed by atoms with Crippen LogP contribution in [0.15, 0.2) is 77.7 Å². The highest BCUT2D eigenvalue weighted by molar-refractivity contribution is 7.92. The first kappa shape index (κ1) is 29.7. The maximum absolute atomic E-state index is 14.0. The molecule has 1 N–H and O–H groups in total. The van der Waals surface area contributed by atoms with Gasteiger partial charge in [0.15, 0.2) is 0 Å². The van der Waals surface area contributed by atoms with Crippen molar-refractivity contribution in [3.05, 3.63) is 89.5 Å². The van der Waals surface area contributed by atoms with Crippen LogP contribution in [0.1, 0.15) is 37.5 Å². The molecule has 2 amide bonds. The second-order valence-electron chi connectivity index (χ2n) is 9.78. The van der Waals surface area contributed by atoms with E-state index >= 15 is 0 Å². The van der Waals surface area contributed by atoms with Gasteiger partial charge in [-0.2, -0.15) is 0 Å². The zero-order valence-corrected chi connectivity index (χ0v) is 24.2. The number of ether oxygens (including phenoxy) is 1. The van der Waals surface area contributed by atoms with E-state index in [4.69, 9.17) is 4.74 Å². The van der Waals surface area contributed by atoms with E-state index < -0.39 is 28.5 Å². The minimum Gasteiger partial charge on any atom is -0.495 e. The van der Waals surface area contributed by atoms with Gasteiger partial charge in [0.1, 0.15) is 18.3 Å². The average Bonchev–Trinajstić information content (AvgIpc) is 2.90. The smallest absolute Gasteiger partial charge is 0.264 e. The van der Waals surface area contributed by atoms with Crippen molar-refractivity contribution in [3.8, 4) is 5.75 Å². The highest BCUT2D eigenvalue weighted by Gasteiger charge is 2.34. The Kier molecular flexibility index (Phi) is 9.75. The molecule has 0 saturated heterocycles. The van der Waals surface area contributed by atoms with Crippen molar-refractivity contribution in [2.75, 3.05) is 18.0 Å². The van der Waals surface area contributed by atoms with Crippen LogP contribution in [-0.4, -0.2) is 50.9 Å². The van der Waals surface area contributed by atoms with Gasteiger partial charge in [-0.25, -0.2) is 8.42 Å². The molecule has 3 aromatic carbocycles. The van der Waals surface area contributed by atoms with E-state index in [0.29, 0.717) is 5.75 Å². The van der Waals surface area contributed by atoms with Crippen molar-refractivity contribution in [1.82, 2.24) is 10.2 Å². The molecule has 1 atom stereocenters. The summed E-state index contributed by atoms with van der Waals surface area (Å²) in [5.41, 5.74) is 2.95. The largest absolute Gasteiger partial charge is 0.495 e. The van der Waals surface area contributed by atoms with Crippen LogP contribution in [0.3, 0.4) is 0 Å². The van der Waals surface area contributed by atoms with Crippen molar-refractivity contribution in [1.29, 1.82) is 0 Å². The third kappa shape index (κ3) is 7.17. The van der Waals surface area contributed by atoms with Crippen molar-refractivity contribution < 1.29 is 22.7 Å². The number of amides is 2. The number of aryl methyl sites for hydroxylation is 2. The van der Waals surface area contributed by atoms with Crippen molar-refractivity contribution in [3.63, 3.8) is 0 Å². The zero-order chi connectivity index (χ0) is 28.7. The lowest BCUT2D eigenvalue weighted by atomic mass is 10.1. The third-order valence-electron chi connectivity index (χ3n) is 6.44. The van der Waals surface area contributed by atoms with E-state index in [0.717, 1.165) is 21.0 Å². The minimum atomic E-state index is -4.17. The first-order valence-corrected chi connectivity index (χ1v) is 14.3. The Bertz CT molecular complexity index is 1400. The number of nitrogens with zero attached hydrogens (tertiary/aromatic N) is 2. The van der Waals surface area contributed by atoms with E-state index in [9.17, 15) is 18.0 Å². The van der Waals surface area contributed by atoms with E-state index in [1.807, 2.05) is 52.0 Å². The molecule has 0 unspecified atom stereocenters. The molecule has 9 heteroatoms. The third-order valence-corrected chi connectivity index (χ3v) is 8.22. The van der Waals surface area contributed by atoms with Gasteiger partial charge in [-0.15, -0.1) is 0 Å². The fourth-order valence-corrected chi connectivity index (χ4v) is 5.57. The molecule has 208 valence electrons. The molecular formula is C30H37N3O5S. The molecule has 8 nitrogen and oxygen atoms in total. The van der Waals surface area contributed by atoms with Gasteiger partial charge in [0.2, 0.25) is 11.8 Å². The van der Waals surface area contributed by atoms with Gasteiger partial charge in [0.25, 0.3) is 10.0 Å². The molecule has 0 aromatic heterocycles. The molecule has 3 aromatic rings. The number of hydrogen-bond donors (Lipinski definition) is 1. The summed E-state index contributed by atoms with van der Waals surface area (Å²) in [6.45, 7) is 8.75. The molecule has 3 rings (SSSR count). The minimum absolute atomic E-state index is 0.0443.